The number of thiophene rings is 1. The van der Waals surface area contributed by atoms with Gasteiger partial charge >= 0.3 is 0 Å². The number of halogens is 1. The van der Waals surface area contributed by atoms with Crippen LogP contribution in [0.5, 0.6) is 0 Å². The summed E-state index contributed by atoms with van der Waals surface area (Å²) in [6.45, 7) is 10.6. The van der Waals surface area contributed by atoms with Crippen LogP contribution in [0.15, 0.2) is 29.3 Å². The van der Waals surface area contributed by atoms with Crippen LogP contribution in [-0.2, 0) is 5.41 Å². The third-order valence-corrected chi connectivity index (χ3v) is 6.43. The predicted octanol–water partition coefficient (Wildman–Crippen LogP) is 4.57. The second kappa shape index (κ2) is 6.35. The average Bonchev–Trinajstić information content (AvgIpc) is 2.94. The van der Waals surface area contributed by atoms with Crippen molar-refractivity contribution in [3.8, 4) is 0 Å². The second-order valence-electron chi connectivity index (χ2n) is 8.12. The Balaban J connectivity index is 1.84. The van der Waals surface area contributed by atoms with Crippen LogP contribution in [0.3, 0.4) is 0 Å². The van der Waals surface area contributed by atoms with Crippen molar-refractivity contribution in [3.63, 3.8) is 0 Å². The van der Waals surface area contributed by atoms with Gasteiger partial charge in [-0.05, 0) is 30.7 Å². The number of benzene rings is 1. The number of piperazine rings is 1. The van der Waals surface area contributed by atoms with Crippen LogP contribution in [0.4, 0.5) is 20.8 Å². The van der Waals surface area contributed by atoms with Crippen LogP contribution < -0.4 is 5.32 Å². The summed E-state index contributed by atoms with van der Waals surface area (Å²) >= 11 is 1.77. The summed E-state index contributed by atoms with van der Waals surface area (Å²) in [5.41, 5.74) is 2.73. The quantitative estimate of drug-likeness (QED) is 0.735. The lowest BCUT2D eigenvalue weighted by Crippen LogP contribution is -2.47. The third kappa shape index (κ3) is 3.23. The molecule has 6 heteroatoms. The SMILES string of the molecule is CN1CCN(C2=Nc3cc(F)ccc3Nc3sc(C(C)(C)C)cc32)CC1. The normalized spacial score (nSPS) is 17.9. The fourth-order valence-electron chi connectivity index (χ4n) is 3.28. The molecule has 138 valence electrons. The number of hydrogen-bond donors (Lipinski definition) is 1. The first-order chi connectivity index (χ1) is 12.3. The Bertz CT molecular complexity index is 857. The number of aliphatic imine (C=N–C) groups is 1. The van der Waals surface area contributed by atoms with Crippen LogP contribution >= 0.6 is 11.3 Å². The van der Waals surface area contributed by atoms with Crippen molar-refractivity contribution in [1.29, 1.82) is 0 Å². The molecule has 0 saturated carbocycles. The Hall–Kier alpha value is -1.92. The monoisotopic (exact) mass is 372 g/mol. The summed E-state index contributed by atoms with van der Waals surface area (Å²) in [4.78, 5) is 10.9. The van der Waals surface area contributed by atoms with Gasteiger partial charge in [0.2, 0.25) is 0 Å². The highest BCUT2D eigenvalue weighted by Crippen LogP contribution is 2.42. The molecule has 1 N–H and O–H groups in total. The number of hydrogen-bond acceptors (Lipinski definition) is 5. The number of amidine groups is 1. The fraction of sp³-hybridized carbons (Fsp3) is 0.450. The highest BCUT2D eigenvalue weighted by Gasteiger charge is 2.28. The van der Waals surface area contributed by atoms with Gasteiger partial charge in [-0.15, -0.1) is 11.3 Å². The van der Waals surface area contributed by atoms with E-state index in [9.17, 15) is 4.39 Å². The zero-order chi connectivity index (χ0) is 18.5. The Morgan fingerprint density at radius 3 is 2.54 bits per heavy atom. The van der Waals surface area contributed by atoms with E-state index in [1.165, 1.54) is 17.0 Å². The molecule has 1 saturated heterocycles. The number of likely N-dealkylation sites (N-methyl/N-ethyl adjacent to an activating group) is 1. The van der Waals surface area contributed by atoms with Crippen molar-refractivity contribution in [2.75, 3.05) is 38.5 Å². The Morgan fingerprint density at radius 1 is 1.12 bits per heavy atom. The van der Waals surface area contributed by atoms with Crippen LogP contribution in [-0.4, -0.2) is 48.9 Å². The lowest BCUT2D eigenvalue weighted by molar-refractivity contribution is 0.216. The van der Waals surface area contributed by atoms with Gasteiger partial charge in [0.25, 0.3) is 0 Å². The van der Waals surface area contributed by atoms with E-state index in [2.05, 4.69) is 49.0 Å². The second-order valence-corrected chi connectivity index (χ2v) is 9.17. The molecule has 1 fully saturated rings. The largest absolute Gasteiger partial charge is 0.353 e. The van der Waals surface area contributed by atoms with Crippen molar-refractivity contribution >= 4 is 33.5 Å². The maximum absolute atomic E-state index is 13.8. The van der Waals surface area contributed by atoms with Gasteiger partial charge in [-0.3, -0.25) is 0 Å². The van der Waals surface area contributed by atoms with Gasteiger partial charge < -0.3 is 15.1 Å². The number of nitrogens with zero attached hydrogens (tertiary/aromatic N) is 3. The molecule has 26 heavy (non-hydrogen) atoms. The summed E-state index contributed by atoms with van der Waals surface area (Å²) in [7, 11) is 2.15. The first-order valence-corrected chi connectivity index (χ1v) is 9.86. The maximum atomic E-state index is 13.8. The molecule has 4 rings (SSSR count). The first-order valence-electron chi connectivity index (χ1n) is 9.05. The molecule has 0 bridgehead atoms. The lowest BCUT2D eigenvalue weighted by Gasteiger charge is -2.34. The van der Waals surface area contributed by atoms with Crippen molar-refractivity contribution < 1.29 is 4.39 Å². The number of fused-ring (bicyclic) bond motifs is 2. The smallest absolute Gasteiger partial charge is 0.139 e. The van der Waals surface area contributed by atoms with Gasteiger partial charge in [-0.25, -0.2) is 9.38 Å². The molecule has 2 aromatic rings. The van der Waals surface area contributed by atoms with E-state index in [-0.39, 0.29) is 11.2 Å². The summed E-state index contributed by atoms with van der Waals surface area (Å²) < 4.78 is 13.8. The molecular formula is C20H25FN4S. The van der Waals surface area contributed by atoms with Crippen LogP contribution in [0.2, 0.25) is 0 Å². The van der Waals surface area contributed by atoms with Gasteiger partial charge in [0, 0.05) is 37.1 Å². The molecule has 4 nitrogen and oxygen atoms in total. The van der Waals surface area contributed by atoms with Crippen molar-refractivity contribution in [2.45, 2.75) is 26.2 Å². The summed E-state index contributed by atoms with van der Waals surface area (Å²) in [5, 5.41) is 4.60. The average molecular weight is 373 g/mol. The van der Waals surface area contributed by atoms with E-state index in [1.807, 2.05) is 0 Å². The van der Waals surface area contributed by atoms with Crippen LogP contribution in [0.1, 0.15) is 31.2 Å². The third-order valence-electron chi connectivity index (χ3n) is 4.95. The molecule has 2 aliphatic rings. The molecule has 1 aromatic heterocycles. The summed E-state index contributed by atoms with van der Waals surface area (Å²) in [6, 6.07) is 7.04. The molecule has 1 aromatic carbocycles. The van der Waals surface area contributed by atoms with E-state index < -0.39 is 0 Å². The molecule has 0 radical (unpaired) electrons. The van der Waals surface area contributed by atoms with E-state index in [1.54, 1.807) is 17.4 Å². The van der Waals surface area contributed by atoms with Gasteiger partial charge in [-0.2, -0.15) is 0 Å². The molecule has 0 unspecified atom stereocenters. The Labute approximate surface area is 158 Å². The fourth-order valence-corrected chi connectivity index (χ4v) is 4.40. The molecule has 2 aliphatic heterocycles. The minimum atomic E-state index is -0.257. The van der Waals surface area contributed by atoms with Gasteiger partial charge in [0.05, 0.1) is 16.9 Å². The van der Waals surface area contributed by atoms with Gasteiger partial charge in [0.1, 0.15) is 16.7 Å². The predicted molar refractivity (Wildman–Crippen MR) is 108 cm³/mol. The van der Waals surface area contributed by atoms with Crippen LogP contribution in [0, 0.1) is 5.82 Å². The zero-order valence-corrected chi connectivity index (χ0v) is 16.6. The number of anilines is 2. The van der Waals surface area contributed by atoms with E-state index in [0.717, 1.165) is 48.3 Å². The zero-order valence-electron chi connectivity index (χ0n) is 15.8. The van der Waals surface area contributed by atoms with Crippen LogP contribution in [0.25, 0.3) is 0 Å². The maximum Gasteiger partial charge on any atom is 0.139 e. The first kappa shape index (κ1) is 17.5. The van der Waals surface area contributed by atoms with Gasteiger partial charge in [0.15, 0.2) is 0 Å². The molecule has 0 amide bonds. The van der Waals surface area contributed by atoms with E-state index in [0.29, 0.717) is 5.69 Å². The highest BCUT2D eigenvalue weighted by molar-refractivity contribution is 7.16. The topological polar surface area (TPSA) is 30.9 Å². The highest BCUT2D eigenvalue weighted by atomic mass is 32.1. The van der Waals surface area contributed by atoms with Crippen molar-refractivity contribution in [3.05, 3.63) is 40.5 Å². The summed E-state index contributed by atoms with van der Waals surface area (Å²) in [6.07, 6.45) is 0. The Kier molecular flexibility index (Phi) is 4.28. The number of nitrogens with one attached hydrogen (secondary N) is 1. The van der Waals surface area contributed by atoms with Crippen molar-refractivity contribution in [1.82, 2.24) is 9.80 Å². The molecule has 0 spiro atoms. The van der Waals surface area contributed by atoms with Gasteiger partial charge in [-0.1, -0.05) is 20.8 Å². The van der Waals surface area contributed by atoms with Crippen molar-refractivity contribution in [2.24, 2.45) is 4.99 Å². The minimum Gasteiger partial charge on any atom is -0.353 e. The number of rotatable bonds is 0. The minimum absolute atomic E-state index is 0.0807. The Morgan fingerprint density at radius 2 is 1.85 bits per heavy atom. The molecule has 0 atom stereocenters. The van der Waals surface area contributed by atoms with E-state index >= 15 is 0 Å². The molecular weight excluding hydrogens is 347 g/mol. The lowest BCUT2D eigenvalue weighted by atomic mass is 9.94. The van der Waals surface area contributed by atoms with E-state index in [4.69, 9.17) is 4.99 Å². The molecule has 0 aliphatic carbocycles. The summed E-state index contributed by atoms with van der Waals surface area (Å²) in [5.74, 6) is 0.698. The molecule has 3 heterocycles. The standard InChI is InChI=1S/C20H25FN4S/c1-20(2,3)17-12-14-18(25-9-7-24(4)8-10-25)22-16-11-13(21)5-6-15(16)23-19(14)26-17/h5-6,11-12,23H,7-10H2,1-4H3.